The van der Waals surface area contributed by atoms with Gasteiger partial charge < -0.3 is 15.5 Å². The van der Waals surface area contributed by atoms with Crippen LogP contribution in [0.3, 0.4) is 0 Å². The number of sulfonamides is 1. The number of hydrogen-bond acceptors (Lipinski definition) is 6. The zero-order chi connectivity index (χ0) is 29.3. The van der Waals surface area contributed by atoms with Gasteiger partial charge in [0.15, 0.2) is 0 Å². The van der Waals surface area contributed by atoms with Gasteiger partial charge in [-0.05, 0) is 103 Å². The van der Waals surface area contributed by atoms with E-state index >= 15 is 0 Å². The molecule has 3 N–H and O–H groups in total. The molecule has 0 spiro atoms. The van der Waals surface area contributed by atoms with Gasteiger partial charge in [-0.15, -0.1) is 0 Å². The van der Waals surface area contributed by atoms with E-state index in [9.17, 15) is 18.3 Å². The van der Waals surface area contributed by atoms with Gasteiger partial charge in [0.25, 0.3) is 0 Å². The number of benzene rings is 2. The average molecular weight is 587 g/mol. The Kier molecular flexibility index (Phi) is 11.5. The molecule has 0 fully saturated rings. The number of aliphatic hydroxyl groups is 1. The first-order valence-corrected chi connectivity index (χ1v) is 16.1. The smallest absolute Gasteiger partial charge is 0.303 e. The molecule has 0 saturated carbocycles. The molecule has 0 radical (unpaired) electrons. The highest BCUT2D eigenvalue weighted by Crippen LogP contribution is 2.28. The highest BCUT2D eigenvalue weighted by Gasteiger charge is 2.26. The fourth-order valence-electron chi connectivity index (χ4n) is 4.68. The fraction of sp³-hybridized carbons (Fsp3) is 0.452. The molecule has 0 amide bonds. The lowest BCUT2D eigenvalue weighted by atomic mass is 9.96. The van der Waals surface area contributed by atoms with E-state index in [1.807, 2.05) is 37.3 Å². The average Bonchev–Trinajstić information content (AvgIpc) is 3.44. The lowest BCUT2D eigenvalue weighted by Crippen LogP contribution is -2.46. The number of aliphatic carboxylic acids is 1. The molecule has 7 nitrogen and oxygen atoms in total. The molecule has 0 aliphatic rings. The lowest BCUT2D eigenvalue weighted by Gasteiger charge is -2.29. The van der Waals surface area contributed by atoms with E-state index < -0.39 is 22.1 Å². The molecule has 1 unspecified atom stereocenters. The maximum Gasteiger partial charge on any atom is 0.303 e. The van der Waals surface area contributed by atoms with Crippen LogP contribution in [0.5, 0.6) is 0 Å². The Labute approximate surface area is 242 Å². The minimum Gasteiger partial charge on any atom is -0.481 e. The number of aliphatic hydroxyl groups excluding tert-OH is 1. The van der Waals surface area contributed by atoms with Crippen LogP contribution in [0.4, 0.5) is 0 Å². The van der Waals surface area contributed by atoms with Crippen molar-refractivity contribution in [1.29, 1.82) is 0 Å². The van der Waals surface area contributed by atoms with Crippen LogP contribution in [0, 0.1) is 0 Å². The molecule has 0 aliphatic heterocycles. The minimum atomic E-state index is -3.80. The van der Waals surface area contributed by atoms with Crippen LogP contribution in [0.1, 0.15) is 56.7 Å². The molecular formula is C31H42N2O5S2. The summed E-state index contributed by atoms with van der Waals surface area (Å²) in [6.07, 6.45) is 3.24. The molecule has 1 aromatic heterocycles. The quantitative estimate of drug-likeness (QED) is 0.208. The zero-order valence-electron chi connectivity index (χ0n) is 23.9. The van der Waals surface area contributed by atoms with E-state index in [2.05, 4.69) is 36.0 Å². The van der Waals surface area contributed by atoms with Crippen molar-refractivity contribution in [3.63, 3.8) is 0 Å². The number of β-amino-alcohol motifs (C(OH)–C–C–N with tert-alkyl or cyclic N) is 1. The number of hydrogen-bond donors (Lipinski definition) is 3. The molecular weight excluding hydrogens is 544 g/mol. The van der Waals surface area contributed by atoms with Gasteiger partial charge in [0.05, 0.1) is 11.0 Å². The summed E-state index contributed by atoms with van der Waals surface area (Å²) in [5.41, 5.74) is 4.65. The van der Waals surface area contributed by atoms with E-state index in [4.69, 9.17) is 5.11 Å². The van der Waals surface area contributed by atoms with Crippen molar-refractivity contribution in [2.24, 2.45) is 0 Å². The monoisotopic (exact) mass is 586 g/mol. The summed E-state index contributed by atoms with van der Waals surface area (Å²) in [4.78, 5) is 11.1. The SMILES string of the molecule is CCc1cc(-c2ccc(CCC(=O)O)cc2)ccc1S(=O)(=O)N(C)CC(O)CNC(C)(C)CCCc1ccsc1. The van der Waals surface area contributed by atoms with Gasteiger partial charge in [-0.3, -0.25) is 4.79 Å². The minimum absolute atomic E-state index is 0.0109. The topological polar surface area (TPSA) is 107 Å². The third-order valence-electron chi connectivity index (χ3n) is 7.18. The van der Waals surface area contributed by atoms with E-state index in [1.54, 1.807) is 23.5 Å². The van der Waals surface area contributed by atoms with E-state index in [1.165, 1.54) is 16.9 Å². The fourth-order valence-corrected chi connectivity index (χ4v) is 6.86. The Morgan fingerprint density at radius 2 is 1.75 bits per heavy atom. The normalized spacial score (nSPS) is 13.1. The van der Waals surface area contributed by atoms with Gasteiger partial charge in [0.2, 0.25) is 10.0 Å². The number of aryl methyl sites for hydroxylation is 3. The second-order valence-corrected chi connectivity index (χ2v) is 13.7. The van der Waals surface area contributed by atoms with Gasteiger partial charge in [0.1, 0.15) is 0 Å². The predicted molar refractivity (Wildman–Crippen MR) is 162 cm³/mol. The van der Waals surface area contributed by atoms with Crippen LogP contribution in [-0.2, 0) is 34.1 Å². The third-order valence-corrected chi connectivity index (χ3v) is 9.83. The molecule has 1 heterocycles. The van der Waals surface area contributed by atoms with Gasteiger partial charge >= 0.3 is 5.97 Å². The van der Waals surface area contributed by atoms with Gasteiger partial charge in [-0.25, -0.2) is 8.42 Å². The Balaban J connectivity index is 1.60. The molecule has 9 heteroatoms. The van der Waals surface area contributed by atoms with Crippen molar-refractivity contribution in [1.82, 2.24) is 9.62 Å². The number of rotatable bonds is 16. The molecule has 40 heavy (non-hydrogen) atoms. The number of carbonyl (C=O) groups is 1. The number of carboxylic acids is 1. The second-order valence-electron chi connectivity index (χ2n) is 11.0. The summed E-state index contributed by atoms with van der Waals surface area (Å²) in [5.74, 6) is -0.827. The lowest BCUT2D eigenvalue weighted by molar-refractivity contribution is -0.136. The number of nitrogens with zero attached hydrogens (tertiary/aromatic N) is 1. The van der Waals surface area contributed by atoms with Crippen molar-refractivity contribution < 1.29 is 23.4 Å². The van der Waals surface area contributed by atoms with E-state index in [0.29, 0.717) is 24.9 Å². The van der Waals surface area contributed by atoms with Gasteiger partial charge in [0, 0.05) is 32.1 Å². The standard InChI is InChI=1S/C31H42N2O5S2/c1-5-25-19-27(26-11-8-23(9-12-26)10-15-30(35)36)13-14-29(25)40(37,38)33(4)21-28(34)20-32-31(2,3)17-6-7-24-16-18-39-22-24/h8-9,11-14,16,18-19,22,28,32,34H,5-7,10,15,17,20-21H2,1-4H3,(H,35,36). The molecule has 0 aliphatic carbocycles. The van der Waals surface area contributed by atoms with Crippen LogP contribution in [0.15, 0.2) is 64.2 Å². The van der Waals surface area contributed by atoms with Crippen molar-refractivity contribution in [2.75, 3.05) is 20.1 Å². The summed E-state index contributed by atoms with van der Waals surface area (Å²) in [7, 11) is -2.29. The van der Waals surface area contributed by atoms with Crippen LogP contribution in [0.2, 0.25) is 0 Å². The number of nitrogens with one attached hydrogen (secondary N) is 1. The second kappa shape index (κ2) is 14.4. The maximum atomic E-state index is 13.5. The van der Waals surface area contributed by atoms with Gasteiger partial charge in [-0.2, -0.15) is 15.6 Å². The third kappa shape index (κ3) is 9.24. The molecule has 0 saturated heterocycles. The van der Waals surface area contributed by atoms with Gasteiger partial charge in [-0.1, -0.05) is 37.3 Å². The Morgan fingerprint density at radius 3 is 2.38 bits per heavy atom. The molecule has 2 aromatic carbocycles. The van der Waals surface area contributed by atoms with Crippen LogP contribution in [-0.4, -0.2) is 60.7 Å². The van der Waals surface area contributed by atoms with Crippen molar-refractivity contribution >= 4 is 27.3 Å². The first-order chi connectivity index (χ1) is 18.9. The highest BCUT2D eigenvalue weighted by atomic mass is 32.2. The Bertz CT molecular complexity index is 1340. The summed E-state index contributed by atoms with van der Waals surface area (Å²) in [5, 5.41) is 27.2. The Morgan fingerprint density at radius 1 is 1.05 bits per heavy atom. The molecule has 0 bridgehead atoms. The maximum absolute atomic E-state index is 13.5. The summed E-state index contributed by atoms with van der Waals surface area (Å²) in [6.45, 7) is 6.42. The summed E-state index contributed by atoms with van der Waals surface area (Å²) < 4.78 is 28.2. The number of thiophene rings is 1. The first kappa shape index (κ1) is 32.0. The summed E-state index contributed by atoms with van der Waals surface area (Å²) >= 11 is 1.70. The van der Waals surface area contributed by atoms with Crippen LogP contribution in [0.25, 0.3) is 11.1 Å². The van der Waals surface area contributed by atoms with Crippen molar-refractivity contribution in [2.45, 2.75) is 75.8 Å². The van der Waals surface area contributed by atoms with Crippen molar-refractivity contribution in [3.05, 3.63) is 76.0 Å². The first-order valence-electron chi connectivity index (χ1n) is 13.8. The molecule has 3 aromatic rings. The number of carboxylic acid groups (broad SMARTS) is 1. The molecule has 1 atom stereocenters. The summed E-state index contributed by atoms with van der Waals surface area (Å²) in [6, 6.07) is 15.1. The predicted octanol–water partition coefficient (Wildman–Crippen LogP) is 5.37. The van der Waals surface area contributed by atoms with E-state index in [-0.39, 0.29) is 23.4 Å². The molecule has 3 rings (SSSR count). The zero-order valence-corrected chi connectivity index (χ0v) is 25.5. The van der Waals surface area contributed by atoms with E-state index in [0.717, 1.165) is 36.0 Å². The number of likely N-dealkylation sites (N-methyl/N-ethyl adjacent to an activating group) is 1. The Hall–Kier alpha value is -2.56. The molecule has 218 valence electrons. The largest absolute Gasteiger partial charge is 0.481 e. The highest BCUT2D eigenvalue weighted by molar-refractivity contribution is 7.89. The van der Waals surface area contributed by atoms with Crippen LogP contribution < -0.4 is 5.32 Å². The van der Waals surface area contributed by atoms with Crippen LogP contribution >= 0.6 is 11.3 Å². The van der Waals surface area contributed by atoms with Crippen molar-refractivity contribution in [3.8, 4) is 11.1 Å².